The second-order valence-electron chi connectivity index (χ2n) is 8.73. The van der Waals surface area contributed by atoms with Crippen LogP contribution in [-0.2, 0) is 19.1 Å². The van der Waals surface area contributed by atoms with Gasteiger partial charge in [0.15, 0.2) is 0 Å². The van der Waals surface area contributed by atoms with Crippen LogP contribution in [0.3, 0.4) is 0 Å². The van der Waals surface area contributed by atoms with Crippen molar-refractivity contribution in [3.8, 4) is 0 Å². The van der Waals surface area contributed by atoms with E-state index in [1.54, 1.807) is 50.3 Å². The summed E-state index contributed by atoms with van der Waals surface area (Å²) in [6, 6.07) is 8.80. The second-order valence-corrected chi connectivity index (χ2v) is 9.14. The zero-order chi connectivity index (χ0) is 25.4. The molecule has 36 heavy (non-hydrogen) atoms. The minimum Gasteiger partial charge on any atom is -0.481 e. The fourth-order valence-corrected chi connectivity index (χ4v) is 4.73. The molecule has 1 aromatic carbocycles. The van der Waals surface area contributed by atoms with Crippen molar-refractivity contribution in [2.24, 2.45) is 20.6 Å². The van der Waals surface area contributed by atoms with Crippen molar-refractivity contribution in [3.05, 3.63) is 51.6 Å². The van der Waals surface area contributed by atoms with E-state index in [2.05, 4.69) is 20.1 Å². The summed E-state index contributed by atoms with van der Waals surface area (Å²) in [4.78, 5) is 42.0. The SMILES string of the molecule is CC1=NOC(=c2cc3c([nH]2)=CC(C2(C(=O)O)CCOCC2)=N3)C1=NC(=O)OC(C)c1ccccc1Cl. The molecule has 1 saturated heterocycles. The molecule has 11 heteroatoms. The number of aromatic amines is 1. The number of nitrogens with one attached hydrogen (secondary N) is 1. The van der Waals surface area contributed by atoms with Crippen LogP contribution >= 0.6 is 11.6 Å². The predicted octanol–water partition coefficient (Wildman–Crippen LogP) is 3.27. The Bertz CT molecular complexity index is 1470. The summed E-state index contributed by atoms with van der Waals surface area (Å²) >= 11 is 6.19. The first-order chi connectivity index (χ1) is 17.3. The normalized spacial score (nSPS) is 21.7. The van der Waals surface area contributed by atoms with Gasteiger partial charge in [-0.3, -0.25) is 4.79 Å². The van der Waals surface area contributed by atoms with Gasteiger partial charge in [-0.05, 0) is 44.9 Å². The first-order valence-electron chi connectivity index (χ1n) is 11.4. The van der Waals surface area contributed by atoms with E-state index < -0.39 is 23.6 Å². The molecule has 10 nitrogen and oxygen atoms in total. The van der Waals surface area contributed by atoms with Crippen LogP contribution in [0, 0.1) is 5.41 Å². The summed E-state index contributed by atoms with van der Waals surface area (Å²) in [7, 11) is 0. The third kappa shape index (κ3) is 4.22. The van der Waals surface area contributed by atoms with E-state index in [0.717, 1.165) is 0 Å². The monoisotopic (exact) mass is 510 g/mol. The van der Waals surface area contributed by atoms with Crippen LogP contribution in [0.2, 0.25) is 5.02 Å². The molecule has 4 heterocycles. The number of halogens is 1. The number of aliphatic carboxylic acids is 1. The Hall–Kier alpha value is -3.76. The number of carbonyl (C=O) groups excluding carboxylic acids is 1. The molecule has 3 aliphatic rings. The molecule has 0 radical (unpaired) electrons. The molecule has 186 valence electrons. The van der Waals surface area contributed by atoms with E-state index in [4.69, 9.17) is 25.9 Å². The molecule has 1 aromatic heterocycles. The maximum absolute atomic E-state index is 12.6. The highest BCUT2D eigenvalue weighted by molar-refractivity contribution is 6.56. The highest BCUT2D eigenvalue weighted by Crippen LogP contribution is 2.35. The van der Waals surface area contributed by atoms with Crippen LogP contribution in [-0.4, -0.2) is 52.5 Å². The van der Waals surface area contributed by atoms with Gasteiger partial charge in [-0.15, -0.1) is 0 Å². The quantitative estimate of drug-likeness (QED) is 0.648. The number of ether oxygens (including phenoxy) is 2. The highest BCUT2D eigenvalue weighted by atomic mass is 35.5. The van der Waals surface area contributed by atoms with Gasteiger partial charge in [0.2, 0.25) is 5.76 Å². The van der Waals surface area contributed by atoms with Crippen molar-refractivity contribution >= 4 is 58.3 Å². The average molecular weight is 511 g/mol. The first-order valence-corrected chi connectivity index (χ1v) is 11.8. The number of aromatic nitrogens is 1. The third-order valence-electron chi connectivity index (χ3n) is 6.49. The molecular weight excluding hydrogens is 488 g/mol. The number of hydrogen-bond donors (Lipinski definition) is 2. The second kappa shape index (κ2) is 9.36. The van der Waals surface area contributed by atoms with E-state index >= 15 is 0 Å². The van der Waals surface area contributed by atoms with E-state index in [1.165, 1.54) is 0 Å². The molecule has 0 spiro atoms. The van der Waals surface area contributed by atoms with E-state index in [9.17, 15) is 14.7 Å². The van der Waals surface area contributed by atoms with Gasteiger partial charge in [0.25, 0.3) is 0 Å². The maximum atomic E-state index is 12.6. The van der Waals surface area contributed by atoms with Gasteiger partial charge in [-0.2, -0.15) is 4.99 Å². The average Bonchev–Trinajstić information content (AvgIpc) is 3.53. The van der Waals surface area contributed by atoms with Crippen molar-refractivity contribution in [2.75, 3.05) is 13.2 Å². The molecule has 1 unspecified atom stereocenters. The number of carbonyl (C=O) groups is 2. The van der Waals surface area contributed by atoms with Crippen molar-refractivity contribution in [2.45, 2.75) is 32.8 Å². The number of carboxylic acid groups (broad SMARTS) is 1. The Labute approximate surface area is 210 Å². The van der Waals surface area contributed by atoms with Crippen LogP contribution < -0.4 is 10.7 Å². The number of oxime groups is 1. The number of amides is 1. The van der Waals surface area contributed by atoms with Crippen molar-refractivity contribution in [3.63, 3.8) is 0 Å². The topological polar surface area (TPSA) is 135 Å². The molecule has 1 atom stereocenters. The summed E-state index contributed by atoms with van der Waals surface area (Å²) in [5, 5.41) is 15.5. The zero-order valence-corrected chi connectivity index (χ0v) is 20.3. The zero-order valence-electron chi connectivity index (χ0n) is 19.6. The van der Waals surface area contributed by atoms with Crippen molar-refractivity contribution in [1.82, 2.24) is 4.98 Å². The van der Waals surface area contributed by atoms with Crippen molar-refractivity contribution in [1.29, 1.82) is 0 Å². The lowest BCUT2D eigenvalue weighted by Gasteiger charge is -2.32. The number of hydrogen-bond acceptors (Lipinski definition) is 7. The Morgan fingerprint density at radius 2 is 2.03 bits per heavy atom. The number of benzene rings is 1. The molecule has 3 aliphatic heterocycles. The van der Waals surface area contributed by atoms with Crippen LogP contribution in [0.25, 0.3) is 11.8 Å². The Balaban J connectivity index is 1.42. The standard InChI is InChI=1S/C25H23ClN4O6/c1-13-21(29-24(33)35-14(2)15-5-3-4-6-16(15)26)22(36-30-13)19-11-17-18(27-19)12-20(28-17)25(23(31)32)7-9-34-10-8-25/h3-6,11-12,14,27H,7-10H2,1-2H3,(H,31,32). The number of carboxylic acids is 1. The Morgan fingerprint density at radius 3 is 2.72 bits per heavy atom. The van der Waals surface area contributed by atoms with Crippen LogP contribution in [0.5, 0.6) is 0 Å². The summed E-state index contributed by atoms with van der Waals surface area (Å²) in [5.74, 6) is -0.670. The fraction of sp³-hybridized carbons (Fsp3) is 0.320. The molecule has 1 amide bonds. The lowest BCUT2D eigenvalue weighted by molar-refractivity contribution is -0.148. The van der Waals surface area contributed by atoms with Crippen LogP contribution in [0.1, 0.15) is 38.4 Å². The smallest absolute Gasteiger partial charge is 0.434 e. The predicted molar refractivity (Wildman–Crippen MR) is 133 cm³/mol. The number of nitrogens with zero attached hydrogens (tertiary/aromatic N) is 3. The van der Waals surface area contributed by atoms with Crippen molar-refractivity contribution < 1.29 is 29.0 Å². The summed E-state index contributed by atoms with van der Waals surface area (Å²) in [6.07, 6.45) is 1.02. The molecule has 2 aromatic rings. The summed E-state index contributed by atoms with van der Waals surface area (Å²) in [6.45, 7) is 4.11. The van der Waals surface area contributed by atoms with Gasteiger partial charge >= 0.3 is 12.1 Å². The minimum atomic E-state index is -1.08. The molecule has 2 N–H and O–H groups in total. The van der Waals surface area contributed by atoms with E-state index in [0.29, 0.717) is 64.5 Å². The molecule has 1 fully saturated rings. The van der Waals surface area contributed by atoms with Gasteiger partial charge in [-0.1, -0.05) is 35.0 Å². The Kier molecular flexibility index (Phi) is 6.23. The maximum Gasteiger partial charge on any atom is 0.434 e. The lowest BCUT2D eigenvalue weighted by Crippen LogP contribution is -2.43. The molecule has 5 rings (SSSR count). The molecule has 0 aliphatic carbocycles. The highest BCUT2D eigenvalue weighted by Gasteiger charge is 2.45. The number of H-pyrrole nitrogens is 1. The van der Waals surface area contributed by atoms with Gasteiger partial charge < -0.3 is 24.4 Å². The van der Waals surface area contributed by atoms with Crippen LogP contribution in [0.15, 0.2) is 45.5 Å². The van der Waals surface area contributed by atoms with Gasteiger partial charge in [-0.25, -0.2) is 9.79 Å². The van der Waals surface area contributed by atoms with Gasteiger partial charge in [0, 0.05) is 23.8 Å². The minimum absolute atomic E-state index is 0.224. The van der Waals surface area contributed by atoms with E-state index in [-0.39, 0.29) is 11.5 Å². The third-order valence-corrected chi connectivity index (χ3v) is 6.84. The summed E-state index contributed by atoms with van der Waals surface area (Å²) in [5.41, 5.74) is 1.27. The molecule has 0 bridgehead atoms. The molecule has 0 saturated carbocycles. The first kappa shape index (κ1) is 24.0. The lowest BCUT2D eigenvalue weighted by atomic mass is 9.76. The molecular formula is C25H23ClN4O6. The van der Waals surface area contributed by atoms with E-state index in [1.807, 2.05) is 0 Å². The fourth-order valence-electron chi connectivity index (χ4n) is 4.44. The Morgan fingerprint density at radius 1 is 1.28 bits per heavy atom. The van der Waals surface area contributed by atoms with Gasteiger partial charge in [0.1, 0.15) is 22.9 Å². The number of rotatable bonds is 4. The number of aliphatic imine (C=N–C) groups is 2. The number of fused-ring (bicyclic) bond motifs is 1. The van der Waals surface area contributed by atoms with Crippen LogP contribution in [0.4, 0.5) is 10.5 Å². The largest absolute Gasteiger partial charge is 0.481 e. The summed E-state index contributed by atoms with van der Waals surface area (Å²) < 4.78 is 10.8. The van der Waals surface area contributed by atoms with Gasteiger partial charge in [0.05, 0.1) is 22.1 Å².